The van der Waals surface area contributed by atoms with Crippen LogP contribution in [0, 0.1) is 13.8 Å². The Morgan fingerprint density at radius 3 is 2.37 bits per heavy atom. The fraction of sp³-hybridized carbons (Fsp3) is 0.273. The normalized spacial score (nSPS) is 10.2. The summed E-state index contributed by atoms with van der Waals surface area (Å²) in [7, 11) is 0. The van der Waals surface area contributed by atoms with Gasteiger partial charge in [-0.25, -0.2) is 0 Å². The van der Waals surface area contributed by atoms with Gasteiger partial charge in [-0.05, 0) is 49.6 Å². The van der Waals surface area contributed by atoms with Crippen molar-refractivity contribution in [2.75, 3.05) is 6.61 Å². The number of halogens is 1. The Hall–Kier alpha value is -3.19. The molecule has 0 fully saturated rings. The van der Waals surface area contributed by atoms with E-state index in [-0.39, 0.29) is 42.2 Å². The van der Waals surface area contributed by atoms with Gasteiger partial charge in [0.1, 0.15) is 0 Å². The van der Waals surface area contributed by atoms with Gasteiger partial charge < -0.3 is 4.74 Å². The number of amides is 2. The average molecular weight is 431 g/mol. The Morgan fingerprint density at radius 1 is 0.933 bits per heavy atom. The number of rotatable bonds is 8. The Balaban J connectivity index is 1.65. The van der Waals surface area contributed by atoms with E-state index < -0.39 is 17.8 Å². The van der Waals surface area contributed by atoms with Gasteiger partial charge in [0.25, 0.3) is 5.91 Å². The molecule has 2 aromatic rings. The lowest BCUT2D eigenvalue weighted by molar-refractivity contribution is -0.142. The van der Waals surface area contributed by atoms with Crippen LogP contribution in [0.2, 0.25) is 5.02 Å². The Bertz CT molecular complexity index is 958. The van der Waals surface area contributed by atoms with E-state index in [1.165, 1.54) is 6.07 Å². The Morgan fingerprint density at radius 2 is 1.67 bits per heavy atom. The molecule has 0 aliphatic rings. The quantitative estimate of drug-likeness (QED) is 0.380. The van der Waals surface area contributed by atoms with Crippen molar-refractivity contribution in [1.29, 1.82) is 0 Å². The van der Waals surface area contributed by atoms with Crippen molar-refractivity contribution in [3.8, 4) is 0 Å². The molecule has 2 aromatic carbocycles. The van der Waals surface area contributed by atoms with Gasteiger partial charge in [0.2, 0.25) is 5.91 Å². The number of ether oxygens (including phenoxy) is 1. The summed E-state index contributed by atoms with van der Waals surface area (Å²) < 4.78 is 4.97. The molecule has 0 aromatic heterocycles. The van der Waals surface area contributed by atoms with Gasteiger partial charge >= 0.3 is 5.97 Å². The maximum absolute atomic E-state index is 12.1. The molecule has 0 spiro atoms. The first kappa shape index (κ1) is 23.1. The van der Waals surface area contributed by atoms with E-state index in [9.17, 15) is 19.2 Å². The molecule has 158 valence electrons. The molecule has 2 rings (SSSR count). The summed E-state index contributed by atoms with van der Waals surface area (Å²) in [6, 6.07) is 11.7. The van der Waals surface area contributed by atoms with Crippen molar-refractivity contribution in [1.82, 2.24) is 10.9 Å². The maximum Gasteiger partial charge on any atom is 0.306 e. The van der Waals surface area contributed by atoms with Crippen molar-refractivity contribution in [2.24, 2.45) is 0 Å². The molecule has 30 heavy (non-hydrogen) atoms. The Labute approximate surface area is 179 Å². The van der Waals surface area contributed by atoms with Crippen molar-refractivity contribution >= 4 is 35.2 Å². The Kier molecular flexibility index (Phi) is 8.55. The first-order valence-electron chi connectivity index (χ1n) is 9.37. The number of hydrazine groups is 1. The van der Waals surface area contributed by atoms with Crippen LogP contribution in [-0.2, 0) is 14.3 Å². The number of hydrogen-bond donors (Lipinski definition) is 2. The highest BCUT2D eigenvalue weighted by Crippen LogP contribution is 2.14. The number of esters is 1. The van der Waals surface area contributed by atoms with Gasteiger partial charge in [-0.2, -0.15) is 0 Å². The second-order valence-corrected chi connectivity index (χ2v) is 7.13. The number of Topliss-reactive ketones (excluding diaryl/α,β-unsaturated/α-hetero) is 1. The molecule has 7 nitrogen and oxygen atoms in total. The van der Waals surface area contributed by atoms with E-state index in [0.717, 1.165) is 11.1 Å². The zero-order valence-corrected chi connectivity index (χ0v) is 17.5. The van der Waals surface area contributed by atoms with Crippen LogP contribution in [0.3, 0.4) is 0 Å². The third-order valence-corrected chi connectivity index (χ3v) is 4.74. The molecular weight excluding hydrogens is 408 g/mol. The number of hydrogen-bond acceptors (Lipinski definition) is 5. The van der Waals surface area contributed by atoms with Gasteiger partial charge in [-0.3, -0.25) is 30.0 Å². The third kappa shape index (κ3) is 7.00. The van der Waals surface area contributed by atoms with Gasteiger partial charge in [0, 0.05) is 18.4 Å². The molecular formula is C22H23ClN2O5. The highest BCUT2D eigenvalue weighted by atomic mass is 35.5. The van der Waals surface area contributed by atoms with Crippen molar-refractivity contribution in [3.63, 3.8) is 0 Å². The molecule has 8 heteroatoms. The third-order valence-electron chi connectivity index (χ3n) is 4.41. The highest BCUT2D eigenvalue weighted by molar-refractivity contribution is 6.33. The first-order valence-corrected chi connectivity index (χ1v) is 9.75. The summed E-state index contributed by atoms with van der Waals surface area (Å²) in [6.07, 6.45) is 0.194. The van der Waals surface area contributed by atoms with Crippen molar-refractivity contribution in [3.05, 3.63) is 69.7 Å². The molecule has 0 bridgehead atoms. The number of ketones is 1. The zero-order valence-electron chi connectivity index (χ0n) is 16.8. The topological polar surface area (TPSA) is 102 Å². The van der Waals surface area contributed by atoms with E-state index in [0.29, 0.717) is 5.56 Å². The second kappa shape index (κ2) is 11.1. The molecule has 0 aliphatic heterocycles. The van der Waals surface area contributed by atoms with E-state index in [4.69, 9.17) is 16.3 Å². The summed E-state index contributed by atoms with van der Waals surface area (Å²) in [5, 5.41) is 0.266. The number of carbonyl (C=O) groups is 4. The molecule has 0 saturated heterocycles. The summed E-state index contributed by atoms with van der Waals surface area (Å²) in [4.78, 5) is 47.6. The van der Waals surface area contributed by atoms with Crippen LogP contribution in [0.4, 0.5) is 0 Å². The number of aryl methyl sites for hydroxylation is 2. The molecule has 0 atom stereocenters. The van der Waals surface area contributed by atoms with Crippen LogP contribution < -0.4 is 10.9 Å². The lowest BCUT2D eigenvalue weighted by Crippen LogP contribution is -2.41. The minimum atomic E-state index is -0.569. The van der Waals surface area contributed by atoms with E-state index in [1.807, 2.05) is 19.9 Å². The van der Waals surface area contributed by atoms with Gasteiger partial charge in [0.15, 0.2) is 12.4 Å². The predicted octanol–water partition coefficient (Wildman–Crippen LogP) is 3.31. The highest BCUT2D eigenvalue weighted by Gasteiger charge is 2.13. The zero-order chi connectivity index (χ0) is 22.1. The van der Waals surface area contributed by atoms with Crippen molar-refractivity contribution in [2.45, 2.75) is 33.1 Å². The molecule has 0 saturated carbocycles. The fourth-order valence-electron chi connectivity index (χ4n) is 2.51. The molecule has 0 unspecified atom stereocenters. The standard InChI is InChI=1S/C22H23ClN2O5/c1-14-10-11-16(12-15(14)2)19(26)13-30-21(28)9-5-8-20(27)24-25-22(29)17-6-3-4-7-18(17)23/h3-4,6-7,10-12H,5,8-9,13H2,1-2H3,(H,24,27)(H,25,29). The van der Waals surface area contributed by atoms with Crippen LogP contribution >= 0.6 is 11.6 Å². The fourth-order valence-corrected chi connectivity index (χ4v) is 2.73. The van der Waals surface area contributed by atoms with E-state index in [2.05, 4.69) is 10.9 Å². The summed E-state index contributed by atoms with van der Waals surface area (Å²) in [6.45, 7) is 3.50. The lowest BCUT2D eigenvalue weighted by Gasteiger charge is -2.08. The predicted molar refractivity (Wildman–Crippen MR) is 112 cm³/mol. The first-order chi connectivity index (χ1) is 14.3. The summed E-state index contributed by atoms with van der Waals surface area (Å²) in [5.74, 6) is -1.86. The van der Waals surface area contributed by atoms with Crippen molar-refractivity contribution < 1.29 is 23.9 Å². The largest absolute Gasteiger partial charge is 0.457 e. The van der Waals surface area contributed by atoms with E-state index in [1.54, 1.807) is 30.3 Å². The number of benzene rings is 2. The average Bonchev–Trinajstić information content (AvgIpc) is 2.72. The molecule has 0 heterocycles. The van der Waals surface area contributed by atoms with Crippen LogP contribution in [0.15, 0.2) is 42.5 Å². The van der Waals surface area contributed by atoms with Crippen LogP contribution in [-0.4, -0.2) is 30.2 Å². The van der Waals surface area contributed by atoms with Crippen LogP contribution in [0.25, 0.3) is 0 Å². The molecule has 0 aliphatic carbocycles. The maximum atomic E-state index is 12.1. The number of nitrogens with one attached hydrogen (secondary N) is 2. The minimum Gasteiger partial charge on any atom is -0.457 e. The molecule has 2 N–H and O–H groups in total. The van der Waals surface area contributed by atoms with Gasteiger partial charge in [-0.1, -0.05) is 35.9 Å². The van der Waals surface area contributed by atoms with Crippen LogP contribution in [0.5, 0.6) is 0 Å². The SMILES string of the molecule is Cc1ccc(C(=O)COC(=O)CCCC(=O)NNC(=O)c2ccccc2Cl)cc1C. The summed E-state index contributed by atoms with van der Waals surface area (Å²) >= 11 is 5.91. The monoisotopic (exact) mass is 430 g/mol. The lowest BCUT2D eigenvalue weighted by atomic mass is 10.0. The van der Waals surface area contributed by atoms with Gasteiger partial charge in [0.05, 0.1) is 10.6 Å². The van der Waals surface area contributed by atoms with Gasteiger partial charge in [-0.15, -0.1) is 0 Å². The number of carbonyl (C=O) groups excluding carboxylic acids is 4. The molecule has 0 radical (unpaired) electrons. The van der Waals surface area contributed by atoms with Crippen LogP contribution in [0.1, 0.15) is 51.1 Å². The molecule has 2 amide bonds. The second-order valence-electron chi connectivity index (χ2n) is 6.72. The smallest absolute Gasteiger partial charge is 0.306 e. The summed E-state index contributed by atoms with van der Waals surface area (Å²) in [5.41, 5.74) is 7.30. The minimum absolute atomic E-state index is 0.00298. The van der Waals surface area contributed by atoms with E-state index >= 15 is 0 Å².